The van der Waals surface area contributed by atoms with Gasteiger partial charge in [0.1, 0.15) is 18.1 Å². The number of hydrogen-bond acceptors (Lipinski definition) is 9. The normalized spacial score (nSPS) is 15.0. The number of carbonyl (C=O) groups is 5. The van der Waals surface area contributed by atoms with E-state index in [1.807, 2.05) is 0 Å². The Morgan fingerprint density at radius 1 is 0.778 bits per heavy atom. The van der Waals surface area contributed by atoms with Crippen LogP contribution < -0.4 is 27.4 Å². The van der Waals surface area contributed by atoms with Crippen molar-refractivity contribution in [1.82, 2.24) is 16.0 Å². The molecule has 0 aliphatic heterocycles. The summed E-state index contributed by atoms with van der Waals surface area (Å²) in [7, 11) is 0. The number of carboxylic acid groups (broad SMARTS) is 1. The highest BCUT2D eigenvalue weighted by molar-refractivity contribution is 7.80. The smallest absolute Gasteiger partial charge is 0.326 e. The molecule has 0 saturated heterocycles. The van der Waals surface area contributed by atoms with Crippen LogP contribution in [0.3, 0.4) is 0 Å². The van der Waals surface area contributed by atoms with Crippen molar-refractivity contribution in [2.45, 2.75) is 30.6 Å². The fourth-order valence-electron chi connectivity index (χ4n) is 1.70. The lowest BCUT2D eigenvalue weighted by molar-refractivity contribution is -0.143. The molecule has 0 spiro atoms. The first-order chi connectivity index (χ1) is 12.6. The van der Waals surface area contributed by atoms with Gasteiger partial charge >= 0.3 is 5.97 Å². The summed E-state index contributed by atoms with van der Waals surface area (Å²) in [4.78, 5) is 58.1. The molecule has 0 aromatic carbocycles. The number of rotatable bonds is 12. The predicted octanol–water partition coefficient (Wildman–Crippen LogP) is -3.48. The minimum Gasteiger partial charge on any atom is -0.480 e. The van der Waals surface area contributed by atoms with Crippen LogP contribution in [0.15, 0.2) is 0 Å². The summed E-state index contributed by atoms with van der Waals surface area (Å²) in [5.41, 5.74) is 10.4. The van der Waals surface area contributed by atoms with Gasteiger partial charge in [0.25, 0.3) is 0 Å². The topological polar surface area (TPSA) is 194 Å². The lowest BCUT2D eigenvalue weighted by Crippen LogP contribution is -2.58. The van der Waals surface area contributed by atoms with Crippen LogP contribution in [0.1, 0.15) is 6.42 Å². The van der Waals surface area contributed by atoms with Crippen LogP contribution in [0.5, 0.6) is 0 Å². The van der Waals surface area contributed by atoms with E-state index < -0.39 is 60.2 Å². The van der Waals surface area contributed by atoms with Crippen molar-refractivity contribution >= 4 is 67.5 Å². The maximum atomic E-state index is 12.3. The second kappa shape index (κ2) is 12.7. The van der Waals surface area contributed by atoms with Crippen LogP contribution in [-0.2, 0) is 24.0 Å². The maximum absolute atomic E-state index is 12.3. The van der Waals surface area contributed by atoms with E-state index in [4.69, 9.17) is 16.6 Å². The number of aliphatic carboxylic acids is 1. The molecule has 0 radical (unpaired) electrons. The number of nitrogens with two attached hydrogens (primary N) is 2. The predicted molar refractivity (Wildman–Crippen MR) is 107 cm³/mol. The molecule has 0 heterocycles. The summed E-state index contributed by atoms with van der Waals surface area (Å²) in [5, 5.41) is 15.8. The second-order valence-electron chi connectivity index (χ2n) is 5.35. The Bertz CT molecular complexity index is 579. The van der Waals surface area contributed by atoms with Gasteiger partial charge < -0.3 is 32.5 Å². The van der Waals surface area contributed by atoms with Crippen LogP contribution >= 0.6 is 37.9 Å². The van der Waals surface area contributed by atoms with E-state index in [0.29, 0.717) is 0 Å². The van der Waals surface area contributed by atoms with Gasteiger partial charge in [0.15, 0.2) is 0 Å². The molecule has 0 aliphatic carbocycles. The van der Waals surface area contributed by atoms with E-state index in [1.54, 1.807) is 0 Å². The van der Waals surface area contributed by atoms with E-state index in [1.165, 1.54) is 0 Å². The van der Waals surface area contributed by atoms with E-state index in [-0.39, 0.29) is 17.3 Å². The number of primary amides is 1. The van der Waals surface area contributed by atoms with Crippen molar-refractivity contribution in [3.63, 3.8) is 0 Å². The summed E-state index contributed by atoms with van der Waals surface area (Å²) in [6.07, 6.45) is -0.620. The first-order valence-electron chi connectivity index (χ1n) is 7.57. The quantitative estimate of drug-likeness (QED) is 0.140. The molecule has 8 N–H and O–H groups in total. The van der Waals surface area contributed by atoms with E-state index in [9.17, 15) is 24.0 Å². The molecular weight excluding hydrogens is 418 g/mol. The Balaban J connectivity index is 4.98. The van der Waals surface area contributed by atoms with Gasteiger partial charge in [-0.05, 0) is 0 Å². The minimum atomic E-state index is -1.55. The fourth-order valence-corrected chi connectivity index (χ4v) is 2.38. The third-order valence-corrected chi connectivity index (χ3v) is 4.31. The highest BCUT2D eigenvalue weighted by Gasteiger charge is 2.29. The Labute approximate surface area is 172 Å². The summed E-state index contributed by atoms with van der Waals surface area (Å²) in [6.45, 7) is 0. The van der Waals surface area contributed by atoms with Crippen molar-refractivity contribution in [2.75, 3.05) is 17.3 Å². The summed E-state index contributed by atoms with van der Waals surface area (Å²) < 4.78 is 0. The van der Waals surface area contributed by atoms with Gasteiger partial charge in [0.2, 0.25) is 23.6 Å². The maximum Gasteiger partial charge on any atom is 0.326 e. The zero-order valence-corrected chi connectivity index (χ0v) is 16.8. The number of nitrogens with one attached hydrogen (secondary N) is 3. The molecule has 27 heavy (non-hydrogen) atoms. The van der Waals surface area contributed by atoms with E-state index >= 15 is 0 Å². The SMILES string of the molecule is NC(=O)CC(NC(=O)C(CS)NC(=O)C(CS)NC(=O)C(N)CS)C(=O)O. The van der Waals surface area contributed by atoms with E-state index in [0.717, 1.165) is 0 Å². The van der Waals surface area contributed by atoms with Crippen molar-refractivity contribution in [1.29, 1.82) is 0 Å². The molecule has 0 fully saturated rings. The molecule has 0 aromatic rings. The van der Waals surface area contributed by atoms with Gasteiger partial charge in [-0.25, -0.2) is 4.79 Å². The monoisotopic (exact) mass is 441 g/mol. The molecule has 4 unspecified atom stereocenters. The number of amides is 4. The lowest BCUT2D eigenvalue weighted by Gasteiger charge is -2.23. The fraction of sp³-hybridized carbons (Fsp3) is 0.615. The number of hydrogen-bond donors (Lipinski definition) is 9. The zero-order valence-electron chi connectivity index (χ0n) is 14.1. The first kappa shape index (κ1) is 25.4. The van der Waals surface area contributed by atoms with Gasteiger partial charge in [-0.1, -0.05) is 0 Å². The molecule has 0 saturated carbocycles. The van der Waals surface area contributed by atoms with Crippen molar-refractivity contribution in [2.24, 2.45) is 11.5 Å². The van der Waals surface area contributed by atoms with Crippen LogP contribution in [0, 0.1) is 0 Å². The van der Waals surface area contributed by atoms with Crippen LogP contribution in [-0.4, -0.2) is 76.1 Å². The molecule has 4 atom stereocenters. The largest absolute Gasteiger partial charge is 0.480 e. The Morgan fingerprint density at radius 3 is 1.52 bits per heavy atom. The van der Waals surface area contributed by atoms with Crippen LogP contribution in [0.4, 0.5) is 0 Å². The second-order valence-corrected chi connectivity index (χ2v) is 6.44. The molecule has 0 bridgehead atoms. The average molecular weight is 442 g/mol. The first-order valence-corrected chi connectivity index (χ1v) is 9.47. The Morgan fingerprint density at radius 2 is 1.19 bits per heavy atom. The van der Waals surface area contributed by atoms with Gasteiger partial charge in [-0.3, -0.25) is 19.2 Å². The third-order valence-electron chi connectivity index (χ3n) is 3.18. The molecule has 0 aliphatic rings. The number of thiol groups is 3. The standard InChI is InChI=1S/C13H23N5O6S3/c14-5(2-25)10(20)17-7(3-26)12(22)18-8(4-27)11(21)16-6(13(23)24)1-9(15)19/h5-8,25-27H,1-4,14H2,(H2,15,19)(H,16,21)(H,17,20)(H,18,22)(H,23,24). The molecule has 11 nitrogen and oxygen atoms in total. The molecule has 0 aromatic heterocycles. The molecule has 4 amide bonds. The van der Waals surface area contributed by atoms with Gasteiger partial charge in [0, 0.05) is 17.3 Å². The summed E-state index contributed by atoms with van der Waals surface area (Å²) >= 11 is 11.8. The van der Waals surface area contributed by atoms with Gasteiger partial charge in [-0.2, -0.15) is 37.9 Å². The van der Waals surface area contributed by atoms with Crippen molar-refractivity contribution < 1.29 is 29.1 Å². The Kier molecular flexibility index (Phi) is 11.9. The van der Waals surface area contributed by atoms with Crippen LogP contribution in [0.2, 0.25) is 0 Å². The molecule has 14 heteroatoms. The van der Waals surface area contributed by atoms with Gasteiger partial charge in [-0.15, -0.1) is 0 Å². The van der Waals surface area contributed by atoms with E-state index in [2.05, 4.69) is 53.8 Å². The number of carboxylic acids is 1. The number of carbonyl (C=O) groups excluding carboxylic acids is 4. The van der Waals surface area contributed by atoms with Crippen molar-refractivity contribution in [3.8, 4) is 0 Å². The molecular formula is C13H23N5O6S3. The highest BCUT2D eigenvalue weighted by Crippen LogP contribution is 1.98. The minimum absolute atomic E-state index is 0.0604. The lowest BCUT2D eigenvalue weighted by atomic mass is 10.1. The van der Waals surface area contributed by atoms with Crippen LogP contribution in [0.25, 0.3) is 0 Å². The Hall–Kier alpha value is -1.64. The molecule has 0 rings (SSSR count). The summed E-state index contributed by atoms with van der Waals surface area (Å²) in [6, 6.07) is -4.81. The zero-order chi connectivity index (χ0) is 21.1. The average Bonchev–Trinajstić information content (AvgIpc) is 2.61. The molecule has 154 valence electrons. The third kappa shape index (κ3) is 9.21. The van der Waals surface area contributed by atoms with Gasteiger partial charge in [0.05, 0.1) is 12.5 Å². The highest BCUT2D eigenvalue weighted by atomic mass is 32.1. The van der Waals surface area contributed by atoms with Crippen molar-refractivity contribution in [3.05, 3.63) is 0 Å². The summed E-state index contributed by atoms with van der Waals surface area (Å²) in [5.74, 6) is -4.85.